The van der Waals surface area contributed by atoms with Crippen LogP contribution >= 0.6 is 0 Å². The smallest absolute Gasteiger partial charge is 0.105 e. The van der Waals surface area contributed by atoms with Crippen molar-refractivity contribution in [3.05, 3.63) is 34.4 Å². The molecule has 1 aromatic carbocycles. The molecule has 0 bridgehead atoms. The van der Waals surface area contributed by atoms with Gasteiger partial charge in [-0.1, -0.05) is 0 Å². The summed E-state index contributed by atoms with van der Waals surface area (Å²) >= 11 is 0. The molecule has 0 heterocycles. The molecule has 0 amide bonds. The molecule has 0 spiro atoms. The second-order valence-corrected chi connectivity index (χ2v) is 12.2. The minimum Gasteiger partial charge on any atom is -0.321 e. The van der Waals surface area contributed by atoms with Gasteiger partial charge in [-0.25, -0.2) is 0 Å². The molecule has 0 radical (unpaired) electrons. The van der Waals surface area contributed by atoms with Crippen LogP contribution in [0.3, 0.4) is 0 Å². The third kappa shape index (κ3) is 8.05. The van der Waals surface area contributed by atoms with Gasteiger partial charge in [-0.15, -0.1) is 0 Å². The van der Waals surface area contributed by atoms with E-state index in [0.29, 0.717) is 0 Å². The number of hydrogen-bond acceptors (Lipinski definition) is 0. The van der Waals surface area contributed by atoms with E-state index in [1.165, 1.54) is 123 Å². The van der Waals surface area contributed by atoms with E-state index in [2.05, 4.69) is 95.2 Å². The quantitative estimate of drug-likeness (QED) is 0.155. The highest BCUT2D eigenvalue weighted by atomic mass is 15.4. The van der Waals surface area contributed by atoms with Crippen molar-refractivity contribution in [1.82, 2.24) is 0 Å². The van der Waals surface area contributed by atoms with Gasteiger partial charge in [0.2, 0.25) is 0 Å². The SMILES string of the molecule is CC[N+](CC)(CC)Cc1cc(C[N+](CC)(CC)CC)c(C[N+](CC)(CC)CC)cc1C[N+](CC)(CC)CC. The Balaban J connectivity index is 3.98. The van der Waals surface area contributed by atoms with Gasteiger partial charge in [-0.3, -0.25) is 0 Å². The van der Waals surface area contributed by atoms with Crippen molar-refractivity contribution < 1.29 is 17.9 Å². The van der Waals surface area contributed by atoms with Crippen LogP contribution in [-0.4, -0.2) is 96.5 Å². The molecule has 0 fully saturated rings. The zero-order chi connectivity index (χ0) is 29.0. The first-order valence-electron chi connectivity index (χ1n) is 16.6. The Kier molecular flexibility index (Phi) is 14.5. The first-order valence-corrected chi connectivity index (χ1v) is 16.6. The summed E-state index contributed by atoms with van der Waals surface area (Å²) in [7, 11) is 0. The van der Waals surface area contributed by atoms with Gasteiger partial charge < -0.3 is 17.9 Å². The van der Waals surface area contributed by atoms with E-state index in [9.17, 15) is 0 Å². The normalized spacial score (nSPS) is 13.4. The maximum Gasteiger partial charge on any atom is 0.105 e. The molecule has 0 N–H and O–H groups in total. The van der Waals surface area contributed by atoms with Crippen LogP contribution in [0.1, 0.15) is 105 Å². The van der Waals surface area contributed by atoms with Crippen molar-refractivity contribution in [2.24, 2.45) is 0 Å². The zero-order valence-electron chi connectivity index (χ0n) is 28.3. The highest BCUT2D eigenvalue weighted by Crippen LogP contribution is 2.30. The molecule has 4 heteroatoms. The van der Waals surface area contributed by atoms with E-state index >= 15 is 0 Å². The standard InChI is InChI=1S/C34H70N4/c1-13-35(14-2,15-3)27-31-25-33(29-37(19-7,20-8)21-9)34(30-38(22-10,23-11)24-12)26-32(31)28-36(16-4,17-5)18-6/h25-26H,13-24,27-30H2,1-12H3/q+4. The number of quaternary nitrogens is 4. The van der Waals surface area contributed by atoms with Crippen molar-refractivity contribution >= 4 is 0 Å². The number of hydrogen-bond donors (Lipinski definition) is 0. The van der Waals surface area contributed by atoms with Gasteiger partial charge in [-0.05, 0) is 95.2 Å². The molecule has 1 aromatic rings. The number of benzene rings is 1. The molecule has 0 saturated heterocycles. The van der Waals surface area contributed by atoms with E-state index < -0.39 is 0 Å². The van der Waals surface area contributed by atoms with E-state index in [0.717, 1.165) is 0 Å². The molecule has 38 heavy (non-hydrogen) atoms. The second-order valence-electron chi connectivity index (χ2n) is 12.2. The summed E-state index contributed by atoms with van der Waals surface area (Å²) in [5.74, 6) is 0. The molecule has 0 atom stereocenters. The minimum atomic E-state index is 1.17. The Morgan fingerprint density at radius 3 is 0.526 bits per heavy atom. The van der Waals surface area contributed by atoms with Gasteiger partial charge in [0.15, 0.2) is 0 Å². The predicted molar refractivity (Wildman–Crippen MR) is 169 cm³/mol. The fourth-order valence-corrected chi connectivity index (χ4v) is 6.85. The molecule has 0 aliphatic rings. The van der Waals surface area contributed by atoms with Crippen molar-refractivity contribution in [3.8, 4) is 0 Å². The maximum absolute atomic E-state index is 2.72. The van der Waals surface area contributed by atoms with Crippen LogP contribution in [-0.2, 0) is 26.2 Å². The van der Waals surface area contributed by atoms with Crippen LogP contribution in [0.2, 0.25) is 0 Å². The molecule has 0 saturated carbocycles. The molecular formula is C34H70N4+4. The highest BCUT2D eigenvalue weighted by Gasteiger charge is 2.32. The average Bonchev–Trinajstić information content (AvgIpc) is 2.97. The van der Waals surface area contributed by atoms with Gasteiger partial charge >= 0.3 is 0 Å². The molecule has 1 rings (SSSR count). The maximum atomic E-state index is 2.72. The molecular weight excluding hydrogens is 464 g/mol. The van der Waals surface area contributed by atoms with E-state index in [1.807, 2.05) is 0 Å². The van der Waals surface area contributed by atoms with Crippen LogP contribution in [0.5, 0.6) is 0 Å². The summed E-state index contributed by atoms with van der Waals surface area (Å²) in [6.45, 7) is 47.9. The summed E-state index contributed by atoms with van der Waals surface area (Å²) < 4.78 is 4.74. The van der Waals surface area contributed by atoms with Crippen molar-refractivity contribution in [3.63, 3.8) is 0 Å². The monoisotopic (exact) mass is 535 g/mol. The topological polar surface area (TPSA) is 0 Å². The summed E-state index contributed by atoms with van der Waals surface area (Å²) in [6, 6.07) is 5.44. The predicted octanol–water partition coefficient (Wildman–Crippen LogP) is 7.19. The van der Waals surface area contributed by atoms with Crippen LogP contribution in [0.25, 0.3) is 0 Å². The van der Waals surface area contributed by atoms with E-state index in [4.69, 9.17) is 0 Å². The van der Waals surface area contributed by atoms with Crippen LogP contribution in [0, 0.1) is 0 Å². The Hall–Kier alpha value is -0.940. The van der Waals surface area contributed by atoms with Crippen LogP contribution in [0.15, 0.2) is 12.1 Å². The third-order valence-electron chi connectivity index (χ3n) is 11.6. The lowest BCUT2D eigenvalue weighted by Gasteiger charge is -2.41. The fourth-order valence-electron chi connectivity index (χ4n) is 6.85. The van der Waals surface area contributed by atoms with Gasteiger partial charge in [-0.2, -0.15) is 0 Å². The number of rotatable bonds is 20. The van der Waals surface area contributed by atoms with Gasteiger partial charge in [0.05, 0.1) is 78.5 Å². The average molecular weight is 535 g/mol. The molecule has 0 aromatic heterocycles. The molecule has 0 unspecified atom stereocenters. The molecule has 4 nitrogen and oxygen atoms in total. The van der Waals surface area contributed by atoms with Gasteiger partial charge in [0.1, 0.15) is 26.2 Å². The largest absolute Gasteiger partial charge is 0.321 e. The van der Waals surface area contributed by atoms with Gasteiger partial charge in [0, 0.05) is 22.3 Å². The molecule has 0 aliphatic carbocycles. The van der Waals surface area contributed by atoms with Crippen molar-refractivity contribution in [2.75, 3.05) is 78.5 Å². The first-order chi connectivity index (χ1) is 18.1. The van der Waals surface area contributed by atoms with Crippen molar-refractivity contribution in [1.29, 1.82) is 0 Å². The lowest BCUT2D eigenvalue weighted by molar-refractivity contribution is -0.940. The Bertz CT molecular complexity index is 636. The molecule has 222 valence electrons. The summed E-state index contributed by atoms with van der Waals surface area (Å²) in [6.07, 6.45) is 0. The van der Waals surface area contributed by atoms with Crippen LogP contribution < -0.4 is 0 Å². The first kappa shape index (κ1) is 35.1. The van der Waals surface area contributed by atoms with E-state index in [1.54, 1.807) is 22.3 Å². The van der Waals surface area contributed by atoms with E-state index in [-0.39, 0.29) is 0 Å². The lowest BCUT2D eigenvalue weighted by Crippen LogP contribution is -2.50. The van der Waals surface area contributed by atoms with Crippen LogP contribution in [0.4, 0.5) is 0 Å². The summed E-state index contributed by atoms with van der Waals surface area (Å²) in [5.41, 5.74) is 6.54. The minimum absolute atomic E-state index is 1.17. The van der Waals surface area contributed by atoms with Crippen molar-refractivity contribution in [2.45, 2.75) is 109 Å². The molecule has 0 aliphatic heterocycles. The zero-order valence-corrected chi connectivity index (χ0v) is 28.3. The second kappa shape index (κ2) is 15.7. The Labute approximate surface area is 240 Å². The third-order valence-corrected chi connectivity index (χ3v) is 11.6. The lowest BCUT2D eigenvalue weighted by atomic mass is 9.94. The highest BCUT2D eigenvalue weighted by molar-refractivity contribution is 5.38. The van der Waals surface area contributed by atoms with Gasteiger partial charge in [0.25, 0.3) is 0 Å². The Morgan fingerprint density at radius 1 is 0.289 bits per heavy atom. The summed E-state index contributed by atoms with van der Waals surface area (Å²) in [4.78, 5) is 0. The Morgan fingerprint density at radius 2 is 0.421 bits per heavy atom. The fraction of sp³-hybridized carbons (Fsp3) is 0.824. The number of nitrogens with zero attached hydrogens (tertiary/aromatic N) is 4. The summed E-state index contributed by atoms with van der Waals surface area (Å²) in [5, 5.41) is 0.